The van der Waals surface area contributed by atoms with E-state index in [4.69, 9.17) is 18.9 Å². The molecule has 11 heteroatoms. The van der Waals surface area contributed by atoms with Gasteiger partial charge in [0.05, 0.1) is 26.4 Å². The van der Waals surface area contributed by atoms with Gasteiger partial charge in [0.25, 0.3) is 0 Å². The maximum atomic E-state index is 11.9. The summed E-state index contributed by atoms with van der Waals surface area (Å²) >= 11 is 0. The molecule has 2 N–H and O–H groups in total. The Morgan fingerprint density at radius 3 is 1.19 bits per heavy atom. The summed E-state index contributed by atoms with van der Waals surface area (Å²) in [5.41, 5.74) is 5.87. The molecule has 2 fully saturated rings. The lowest BCUT2D eigenvalue weighted by Gasteiger charge is -2.29. The van der Waals surface area contributed by atoms with Crippen LogP contribution in [0.2, 0.25) is 18.1 Å². The topological polar surface area (TPSA) is 118 Å². The average molecular weight is 815 g/mol. The molecule has 2 heterocycles. The number of anilines is 2. The summed E-state index contributed by atoms with van der Waals surface area (Å²) in [6.07, 6.45) is -1.82. The van der Waals surface area contributed by atoms with E-state index < -0.39 is 24.1 Å². The number of nitrogens with zero attached hydrogens (tertiary/aromatic N) is 2. The van der Waals surface area contributed by atoms with Gasteiger partial charge in [0.15, 0.2) is 12.2 Å². The molecule has 58 heavy (non-hydrogen) atoms. The van der Waals surface area contributed by atoms with E-state index in [9.17, 15) is 19.8 Å². The fourth-order valence-corrected chi connectivity index (χ4v) is 5.59. The second-order valence-corrected chi connectivity index (χ2v) is 19.7. The largest absolute Gasteiger partial charge is 0.459 e. The first-order valence-corrected chi connectivity index (χ1v) is 22.9. The Morgan fingerprint density at radius 1 is 0.586 bits per heavy atom. The van der Waals surface area contributed by atoms with Crippen LogP contribution < -0.4 is 9.80 Å². The summed E-state index contributed by atoms with van der Waals surface area (Å²) in [4.78, 5) is 28.4. The van der Waals surface area contributed by atoms with Crippen molar-refractivity contribution < 1.29 is 38.7 Å². The Hall–Kier alpha value is -4.52. The molecule has 10 nitrogen and oxygen atoms in total. The zero-order valence-electron chi connectivity index (χ0n) is 34.3. The quantitative estimate of drug-likeness (QED) is 0.112. The SMILES string of the molecule is C.C[SiH](C)C(C)(C)C.O=C(OCc1ccccc1)[C@H](O)Cc1ccc(N2CCOCC2)cc1.O=C(OCc1ccccc1)[C@H](O)Cc1ccc(N2CCOCC2)cc1. The molecule has 2 aliphatic rings. The van der Waals surface area contributed by atoms with Crippen LogP contribution in [0.5, 0.6) is 0 Å². The van der Waals surface area contributed by atoms with E-state index in [0.29, 0.717) is 5.04 Å². The summed E-state index contributed by atoms with van der Waals surface area (Å²) in [5, 5.41) is 20.8. The highest BCUT2D eigenvalue weighted by molar-refractivity contribution is 6.59. The number of morpholine rings is 2. The van der Waals surface area contributed by atoms with E-state index in [0.717, 1.165) is 86.2 Å². The van der Waals surface area contributed by atoms with E-state index in [-0.39, 0.29) is 42.3 Å². The van der Waals surface area contributed by atoms with Crippen LogP contribution in [0.25, 0.3) is 0 Å². The van der Waals surface area contributed by atoms with Crippen molar-refractivity contribution in [2.75, 3.05) is 62.4 Å². The monoisotopic (exact) mass is 814 g/mol. The van der Waals surface area contributed by atoms with Gasteiger partial charge in [-0.3, -0.25) is 0 Å². The Labute approximate surface area is 348 Å². The second-order valence-electron chi connectivity index (χ2n) is 15.7. The highest BCUT2D eigenvalue weighted by Crippen LogP contribution is 2.25. The van der Waals surface area contributed by atoms with Gasteiger partial charge in [-0.15, -0.1) is 0 Å². The van der Waals surface area contributed by atoms with Crippen LogP contribution in [0, 0.1) is 0 Å². The summed E-state index contributed by atoms with van der Waals surface area (Å²) in [6, 6.07) is 34.7. The minimum Gasteiger partial charge on any atom is -0.459 e. The predicted octanol–water partition coefficient (Wildman–Crippen LogP) is 7.25. The van der Waals surface area contributed by atoms with Crippen LogP contribution in [0.1, 0.15) is 50.5 Å². The van der Waals surface area contributed by atoms with Gasteiger partial charge in [-0.1, -0.05) is 126 Å². The van der Waals surface area contributed by atoms with E-state index >= 15 is 0 Å². The molecule has 0 aliphatic carbocycles. The van der Waals surface area contributed by atoms with Gasteiger partial charge in [-0.2, -0.15) is 0 Å². The molecule has 2 saturated heterocycles. The van der Waals surface area contributed by atoms with Crippen molar-refractivity contribution >= 4 is 32.1 Å². The van der Waals surface area contributed by atoms with Crippen molar-refractivity contribution in [3.63, 3.8) is 0 Å². The molecule has 316 valence electrons. The third kappa shape index (κ3) is 17.1. The van der Waals surface area contributed by atoms with Gasteiger partial charge in [0.2, 0.25) is 0 Å². The van der Waals surface area contributed by atoms with Gasteiger partial charge in [-0.05, 0) is 51.6 Å². The van der Waals surface area contributed by atoms with Gasteiger partial charge < -0.3 is 39.0 Å². The van der Waals surface area contributed by atoms with Crippen molar-refractivity contribution in [1.29, 1.82) is 0 Å². The average Bonchev–Trinajstić information content (AvgIpc) is 3.24. The Balaban J connectivity index is 0.000000263. The number of ether oxygens (including phenoxy) is 4. The molecule has 0 saturated carbocycles. The number of rotatable bonds is 12. The zero-order chi connectivity index (χ0) is 41.0. The first-order valence-electron chi connectivity index (χ1n) is 20.0. The smallest absolute Gasteiger partial charge is 0.335 e. The molecule has 0 radical (unpaired) electrons. The number of hydrogen-bond acceptors (Lipinski definition) is 10. The summed E-state index contributed by atoms with van der Waals surface area (Å²) < 4.78 is 21.0. The van der Waals surface area contributed by atoms with Crippen molar-refractivity contribution in [1.82, 2.24) is 0 Å². The van der Waals surface area contributed by atoms with Crippen LogP contribution in [0.15, 0.2) is 109 Å². The summed E-state index contributed by atoms with van der Waals surface area (Å²) in [6.45, 7) is 18.6. The number of esters is 2. The van der Waals surface area contributed by atoms with Crippen molar-refractivity contribution in [2.24, 2.45) is 0 Å². The van der Waals surface area contributed by atoms with E-state index in [1.807, 2.05) is 109 Å². The lowest BCUT2D eigenvalue weighted by atomic mass is 10.1. The fourth-order valence-electron chi connectivity index (χ4n) is 5.59. The molecule has 0 spiro atoms. The Bertz CT molecular complexity index is 1600. The molecular formula is C47H66N2O8Si. The summed E-state index contributed by atoms with van der Waals surface area (Å²) in [7, 11) is -0.359. The van der Waals surface area contributed by atoms with Crippen molar-refractivity contribution in [3.8, 4) is 0 Å². The van der Waals surface area contributed by atoms with Crippen LogP contribution in [0.3, 0.4) is 0 Å². The second kappa shape index (κ2) is 25.1. The first kappa shape index (κ1) is 47.8. The molecule has 4 aromatic rings. The fraction of sp³-hybridized carbons (Fsp3) is 0.447. The van der Waals surface area contributed by atoms with E-state index in [1.54, 1.807) is 0 Å². The number of aliphatic hydroxyl groups excluding tert-OH is 2. The number of carbonyl (C=O) groups excluding carboxylic acids is 2. The number of benzene rings is 4. The lowest BCUT2D eigenvalue weighted by Crippen LogP contribution is -2.36. The maximum Gasteiger partial charge on any atom is 0.335 e. The molecule has 2 atom stereocenters. The highest BCUT2D eigenvalue weighted by atomic mass is 28.3. The molecule has 6 rings (SSSR count). The minimum absolute atomic E-state index is 0. The standard InChI is InChI=1S/2C20H23NO4.C6H16Si.CH4/c2*22-19(20(23)25-15-17-4-2-1-3-5-17)14-16-6-8-18(9-7-16)21-10-12-24-13-11-21;1-6(2,3)7(4)5;/h2*1-9,19,22H,10-15H2;7H,1-5H3;1H4/t2*19-;;/m11../s1. The van der Waals surface area contributed by atoms with Gasteiger partial charge >= 0.3 is 11.9 Å². The maximum absolute atomic E-state index is 11.9. The Kier molecular flexibility index (Phi) is 20.7. The van der Waals surface area contributed by atoms with Crippen LogP contribution in [-0.4, -0.2) is 95.8 Å². The number of carbonyl (C=O) groups is 2. The normalized spacial score (nSPS) is 15.0. The summed E-state index contributed by atoms with van der Waals surface area (Å²) in [5.74, 6) is -1.19. The lowest BCUT2D eigenvalue weighted by molar-refractivity contribution is -0.155. The van der Waals surface area contributed by atoms with Crippen LogP contribution in [0.4, 0.5) is 11.4 Å². The molecule has 4 aromatic carbocycles. The highest BCUT2D eigenvalue weighted by Gasteiger charge is 2.20. The van der Waals surface area contributed by atoms with E-state index in [2.05, 4.69) is 43.7 Å². The zero-order valence-corrected chi connectivity index (χ0v) is 35.5. The predicted molar refractivity (Wildman–Crippen MR) is 236 cm³/mol. The van der Waals surface area contributed by atoms with Crippen molar-refractivity contribution in [2.45, 2.75) is 84.6 Å². The molecular weight excluding hydrogens is 749 g/mol. The Morgan fingerprint density at radius 2 is 0.897 bits per heavy atom. The third-order valence-corrected chi connectivity index (χ3v) is 13.7. The van der Waals surface area contributed by atoms with Crippen LogP contribution >= 0.6 is 0 Å². The molecule has 0 aromatic heterocycles. The molecule has 2 aliphatic heterocycles. The third-order valence-electron chi connectivity index (χ3n) is 10.2. The van der Waals surface area contributed by atoms with Gasteiger partial charge in [0, 0.05) is 59.2 Å². The molecule has 0 unspecified atom stereocenters. The molecule has 0 amide bonds. The van der Waals surface area contributed by atoms with Crippen LogP contribution in [-0.2, 0) is 54.6 Å². The molecule has 0 bridgehead atoms. The number of hydrogen-bond donors (Lipinski definition) is 2. The first-order chi connectivity index (χ1) is 27.4. The number of aliphatic hydroxyl groups is 2. The van der Waals surface area contributed by atoms with E-state index in [1.165, 1.54) is 0 Å². The van der Waals surface area contributed by atoms with Crippen molar-refractivity contribution in [3.05, 3.63) is 131 Å². The minimum atomic E-state index is -1.15. The van der Waals surface area contributed by atoms with Gasteiger partial charge in [0.1, 0.15) is 13.2 Å². The van der Waals surface area contributed by atoms with Gasteiger partial charge in [-0.25, -0.2) is 9.59 Å².